The Balaban J connectivity index is 4.88. The summed E-state index contributed by atoms with van der Waals surface area (Å²) >= 11 is 0. The Morgan fingerprint density at radius 3 is 2.21 bits per heavy atom. The molecule has 19 heavy (non-hydrogen) atoms. The molecule has 5 heteroatoms. The molecule has 0 heterocycles. The summed E-state index contributed by atoms with van der Waals surface area (Å²) < 4.78 is 10.6. The second kappa shape index (κ2) is 7.00. The standard InChI is InChI=1S/C14H26O4Si/c1-8-9-12(11(15)10-13(16)17-5)18-19(6,7)14(2,3)4/h8,12H,1,9-10H2,2-7H3/t12-/m0/s1. The fraction of sp³-hybridized carbons (Fsp3) is 0.714. The van der Waals surface area contributed by atoms with Crippen LogP contribution >= 0.6 is 0 Å². The molecular formula is C14H26O4Si. The summed E-state index contributed by atoms with van der Waals surface area (Å²) in [5.74, 6) is -0.769. The van der Waals surface area contributed by atoms with E-state index in [1.807, 2.05) is 0 Å². The molecule has 110 valence electrons. The molecular weight excluding hydrogens is 260 g/mol. The van der Waals surface area contributed by atoms with Crippen LogP contribution in [-0.4, -0.2) is 33.3 Å². The molecule has 0 N–H and O–H groups in total. The summed E-state index contributed by atoms with van der Waals surface area (Å²) in [7, 11) is -0.779. The summed E-state index contributed by atoms with van der Waals surface area (Å²) in [4.78, 5) is 23.2. The van der Waals surface area contributed by atoms with Crippen LogP contribution in [0.2, 0.25) is 18.1 Å². The van der Waals surface area contributed by atoms with Gasteiger partial charge in [0.05, 0.1) is 7.11 Å². The number of rotatable bonds is 7. The predicted octanol–water partition coefficient (Wildman–Crippen LogP) is 3.09. The van der Waals surface area contributed by atoms with Crippen LogP contribution in [0.3, 0.4) is 0 Å². The van der Waals surface area contributed by atoms with Gasteiger partial charge in [0, 0.05) is 0 Å². The number of hydrogen-bond acceptors (Lipinski definition) is 4. The molecule has 0 aliphatic heterocycles. The quantitative estimate of drug-likeness (QED) is 0.312. The van der Waals surface area contributed by atoms with Gasteiger partial charge in [-0.05, 0) is 24.6 Å². The Bertz CT molecular complexity index is 342. The fourth-order valence-corrected chi connectivity index (χ4v) is 2.55. The second-order valence-electron chi connectivity index (χ2n) is 6.11. The highest BCUT2D eigenvalue weighted by Crippen LogP contribution is 2.37. The van der Waals surface area contributed by atoms with Gasteiger partial charge in [-0.2, -0.15) is 0 Å². The first-order valence-corrected chi connectivity index (χ1v) is 9.34. The Morgan fingerprint density at radius 1 is 1.32 bits per heavy atom. The minimum absolute atomic E-state index is 0.0119. The first-order valence-electron chi connectivity index (χ1n) is 6.43. The molecule has 0 aromatic rings. The molecule has 0 aromatic heterocycles. The molecule has 0 radical (unpaired) electrons. The Kier molecular flexibility index (Phi) is 6.66. The van der Waals surface area contributed by atoms with Gasteiger partial charge in [-0.25, -0.2) is 0 Å². The van der Waals surface area contributed by atoms with Crippen molar-refractivity contribution in [1.82, 2.24) is 0 Å². The van der Waals surface area contributed by atoms with Gasteiger partial charge in [-0.3, -0.25) is 9.59 Å². The third-order valence-electron chi connectivity index (χ3n) is 3.53. The molecule has 1 atom stereocenters. The van der Waals surface area contributed by atoms with Crippen molar-refractivity contribution < 1.29 is 18.8 Å². The summed E-state index contributed by atoms with van der Waals surface area (Å²) in [6.45, 7) is 14.1. The van der Waals surface area contributed by atoms with Crippen LogP contribution in [-0.2, 0) is 18.8 Å². The van der Waals surface area contributed by atoms with Crippen LogP contribution in [0.15, 0.2) is 12.7 Å². The summed E-state index contributed by atoms with van der Waals surface area (Å²) in [6.07, 6.45) is 1.22. The highest BCUT2D eigenvalue weighted by molar-refractivity contribution is 6.74. The van der Waals surface area contributed by atoms with Crippen LogP contribution in [0.5, 0.6) is 0 Å². The number of ketones is 1. The first kappa shape index (κ1) is 18.1. The number of esters is 1. The monoisotopic (exact) mass is 286 g/mol. The molecule has 0 bridgehead atoms. The van der Waals surface area contributed by atoms with Crippen molar-refractivity contribution in [3.05, 3.63) is 12.7 Å². The van der Waals surface area contributed by atoms with Gasteiger partial charge >= 0.3 is 5.97 Å². The Labute approximate surface area is 117 Å². The van der Waals surface area contributed by atoms with Crippen LogP contribution in [0.25, 0.3) is 0 Å². The third kappa shape index (κ3) is 5.70. The number of ether oxygens (including phenoxy) is 1. The maximum absolute atomic E-state index is 12.1. The fourth-order valence-electron chi connectivity index (χ4n) is 1.26. The van der Waals surface area contributed by atoms with Crippen LogP contribution in [0.4, 0.5) is 0 Å². The molecule has 0 aromatic carbocycles. The van der Waals surface area contributed by atoms with E-state index in [-0.39, 0.29) is 17.2 Å². The summed E-state index contributed by atoms with van der Waals surface area (Å²) in [6, 6.07) is 0. The van der Waals surface area contributed by atoms with Crippen molar-refractivity contribution in [3.8, 4) is 0 Å². The predicted molar refractivity (Wildman–Crippen MR) is 78.5 cm³/mol. The van der Waals surface area contributed by atoms with Gasteiger partial charge in [-0.1, -0.05) is 26.8 Å². The van der Waals surface area contributed by atoms with Crippen molar-refractivity contribution in [1.29, 1.82) is 0 Å². The van der Waals surface area contributed by atoms with E-state index in [9.17, 15) is 9.59 Å². The summed E-state index contributed by atoms with van der Waals surface area (Å²) in [5, 5.41) is 0.0119. The zero-order valence-electron chi connectivity index (χ0n) is 12.9. The van der Waals surface area contributed by atoms with E-state index in [0.29, 0.717) is 6.42 Å². The zero-order valence-corrected chi connectivity index (χ0v) is 13.9. The number of hydrogen-bond donors (Lipinski definition) is 0. The third-order valence-corrected chi connectivity index (χ3v) is 8.02. The number of carbonyl (C=O) groups excluding carboxylic acids is 2. The first-order chi connectivity index (χ1) is 8.55. The largest absolute Gasteiger partial charge is 0.469 e. The molecule has 0 amide bonds. The lowest BCUT2D eigenvalue weighted by Crippen LogP contribution is -2.46. The average molecular weight is 286 g/mol. The normalized spacial score (nSPS) is 13.8. The van der Waals surface area contributed by atoms with E-state index in [4.69, 9.17) is 4.43 Å². The lowest BCUT2D eigenvalue weighted by molar-refractivity contribution is -0.145. The van der Waals surface area contributed by atoms with Gasteiger partial charge in [0.2, 0.25) is 0 Å². The summed E-state index contributed by atoms with van der Waals surface area (Å²) in [5.41, 5.74) is 0. The van der Waals surface area contributed by atoms with Crippen LogP contribution in [0.1, 0.15) is 33.6 Å². The van der Waals surface area contributed by atoms with E-state index in [1.165, 1.54) is 7.11 Å². The average Bonchev–Trinajstić information content (AvgIpc) is 2.26. The van der Waals surface area contributed by atoms with E-state index in [0.717, 1.165) is 0 Å². The van der Waals surface area contributed by atoms with Gasteiger partial charge in [0.1, 0.15) is 12.5 Å². The SMILES string of the molecule is C=CC[C@H](O[Si](C)(C)C(C)(C)C)C(=O)CC(=O)OC. The molecule has 0 unspecified atom stereocenters. The maximum atomic E-state index is 12.1. The molecule has 0 saturated carbocycles. The van der Waals surface area contributed by atoms with Crippen LogP contribution < -0.4 is 0 Å². The van der Waals surface area contributed by atoms with Crippen molar-refractivity contribution in [2.24, 2.45) is 0 Å². The maximum Gasteiger partial charge on any atom is 0.313 e. The van der Waals surface area contributed by atoms with Crippen molar-refractivity contribution in [2.45, 2.75) is 57.8 Å². The van der Waals surface area contributed by atoms with Gasteiger partial charge in [0.25, 0.3) is 0 Å². The highest BCUT2D eigenvalue weighted by Gasteiger charge is 2.40. The minimum atomic E-state index is -2.05. The van der Waals surface area contributed by atoms with Gasteiger partial charge < -0.3 is 9.16 Å². The van der Waals surface area contributed by atoms with Gasteiger partial charge in [0.15, 0.2) is 14.1 Å². The molecule has 0 aliphatic rings. The molecule has 0 saturated heterocycles. The van der Waals surface area contributed by atoms with Crippen molar-refractivity contribution in [3.63, 3.8) is 0 Å². The van der Waals surface area contributed by atoms with E-state index < -0.39 is 20.4 Å². The second-order valence-corrected chi connectivity index (χ2v) is 10.9. The zero-order chi connectivity index (χ0) is 15.3. The topological polar surface area (TPSA) is 52.6 Å². The van der Waals surface area contributed by atoms with Crippen molar-refractivity contribution in [2.75, 3.05) is 7.11 Å². The molecule has 0 rings (SSSR count). The smallest absolute Gasteiger partial charge is 0.313 e. The van der Waals surface area contributed by atoms with E-state index in [2.05, 4.69) is 45.2 Å². The minimum Gasteiger partial charge on any atom is -0.469 e. The molecule has 0 fully saturated rings. The number of Topliss-reactive ketones (excluding diaryl/α,β-unsaturated/α-hetero) is 1. The molecule has 4 nitrogen and oxygen atoms in total. The van der Waals surface area contributed by atoms with Gasteiger partial charge in [-0.15, -0.1) is 6.58 Å². The Morgan fingerprint density at radius 2 is 1.84 bits per heavy atom. The van der Waals surface area contributed by atoms with Crippen LogP contribution in [0, 0.1) is 0 Å². The molecule has 0 spiro atoms. The van der Waals surface area contributed by atoms with E-state index in [1.54, 1.807) is 6.08 Å². The van der Waals surface area contributed by atoms with E-state index >= 15 is 0 Å². The highest BCUT2D eigenvalue weighted by atomic mass is 28.4. The number of carbonyl (C=O) groups is 2. The number of methoxy groups -OCH3 is 1. The lowest BCUT2D eigenvalue weighted by Gasteiger charge is -2.38. The van der Waals surface area contributed by atoms with Crippen molar-refractivity contribution >= 4 is 20.1 Å². The Hall–Kier alpha value is -0.943. The lowest BCUT2D eigenvalue weighted by atomic mass is 10.1. The molecule has 0 aliphatic carbocycles.